The minimum Gasteiger partial charge on any atom is -0.441 e. The first-order valence-corrected chi connectivity index (χ1v) is 12.2. The Kier molecular flexibility index (Phi) is 5.86. The fraction of sp³-hybridized carbons (Fsp3) is 0.320. The summed E-state index contributed by atoms with van der Waals surface area (Å²) in [6, 6.07) is 13.2. The van der Waals surface area contributed by atoms with Crippen molar-refractivity contribution in [3.8, 4) is 27.8 Å². The predicted molar refractivity (Wildman–Crippen MR) is 132 cm³/mol. The lowest BCUT2D eigenvalue weighted by atomic mass is 9.92. The van der Waals surface area contributed by atoms with E-state index in [9.17, 15) is 14.9 Å². The molecule has 10 heteroatoms. The van der Waals surface area contributed by atoms with Crippen LogP contribution in [0.1, 0.15) is 29.8 Å². The van der Waals surface area contributed by atoms with E-state index in [0.29, 0.717) is 48.9 Å². The first-order valence-electron chi connectivity index (χ1n) is 11.3. The van der Waals surface area contributed by atoms with Crippen LogP contribution in [0.5, 0.6) is 0 Å². The van der Waals surface area contributed by atoms with Gasteiger partial charge in [-0.15, -0.1) is 0 Å². The van der Waals surface area contributed by atoms with Crippen LogP contribution < -0.4 is 10.6 Å². The van der Waals surface area contributed by atoms with Crippen LogP contribution in [0.4, 0.5) is 14.7 Å². The van der Waals surface area contributed by atoms with Crippen LogP contribution in [0.3, 0.4) is 0 Å². The number of carbonyl (C=O) groups is 2. The van der Waals surface area contributed by atoms with E-state index in [1.54, 1.807) is 17.0 Å². The number of aryl methyl sites for hydroxylation is 2. The molecule has 1 aromatic carbocycles. The van der Waals surface area contributed by atoms with Crippen LogP contribution in [0.2, 0.25) is 0 Å². The number of amides is 3. The van der Waals surface area contributed by atoms with E-state index in [0.717, 1.165) is 27.4 Å². The number of hydrogen-bond acceptors (Lipinski definition) is 7. The van der Waals surface area contributed by atoms with Crippen molar-refractivity contribution in [1.29, 1.82) is 5.26 Å². The third-order valence-electron chi connectivity index (χ3n) is 6.28. The molecule has 5 rings (SSSR count). The van der Waals surface area contributed by atoms with Crippen LogP contribution in [0.15, 0.2) is 36.4 Å². The highest BCUT2D eigenvalue weighted by Crippen LogP contribution is 2.40. The molecule has 0 unspecified atom stereocenters. The first kappa shape index (κ1) is 22.8. The molecular formula is C25H24N6O3S. The van der Waals surface area contributed by atoms with Crippen molar-refractivity contribution in [2.45, 2.75) is 32.3 Å². The number of thiazole rings is 1. The smallest absolute Gasteiger partial charge is 0.407 e. The van der Waals surface area contributed by atoms with Gasteiger partial charge in [0.05, 0.1) is 28.7 Å². The standard InChI is InChI=1S/C25H24N6O3S/c1-15-10-19(11-16(2)28-15)21-20(18-5-3-4-17(12-18)13-26)29-22(35-21)30-23(32)31-8-6-25(7-9-31)14-27-24(33)34-25/h3-5,10-12H,6-9,14H2,1-2H3,(H,27,33)(H,29,30,32). The Balaban J connectivity index is 1.41. The minimum atomic E-state index is -0.516. The summed E-state index contributed by atoms with van der Waals surface area (Å²) in [5.74, 6) is 0. The second-order valence-corrected chi connectivity index (χ2v) is 9.87. The number of piperidine rings is 1. The lowest BCUT2D eigenvalue weighted by molar-refractivity contribution is 0.0110. The molecule has 0 atom stereocenters. The van der Waals surface area contributed by atoms with Crippen LogP contribution in [-0.2, 0) is 4.74 Å². The zero-order valence-corrected chi connectivity index (χ0v) is 20.2. The molecule has 35 heavy (non-hydrogen) atoms. The quantitative estimate of drug-likeness (QED) is 0.561. The van der Waals surface area contributed by atoms with Gasteiger partial charge in [-0.25, -0.2) is 14.6 Å². The average molecular weight is 489 g/mol. The summed E-state index contributed by atoms with van der Waals surface area (Å²) < 4.78 is 5.44. The Morgan fingerprint density at radius 3 is 2.57 bits per heavy atom. The second-order valence-electron chi connectivity index (χ2n) is 8.87. The van der Waals surface area contributed by atoms with Gasteiger partial charge in [0.2, 0.25) is 0 Å². The summed E-state index contributed by atoms with van der Waals surface area (Å²) in [5, 5.41) is 15.5. The van der Waals surface area contributed by atoms with Gasteiger partial charge in [-0.2, -0.15) is 5.26 Å². The van der Waals surface area contributed by atoms with E-state index in [-0.39, 0.29) is 6.03 Å². The molecule has 3 amide bonds. The van der Waals surface area contributed by atoms with Crippen molar-refractivity contribution in [2.24, 2.45) is 0 Å². The lowest BCUT2D eigenvalue weighted by Gasteiger charge is -2.36. The van der Waals surface area contributed by atoms with E-state index < -0.39 is 11.7 Å². The van der Waals surface area contributed by atoms with E-state index in [1.807, 2.05) is 38.1 Å². The molecule has 0 aliphatic carbocycles. The number of rotatable bonds is 3. The first-order chi connectivity index (χ1) is 16.8. The number of nitrogens with zero attached hydrogens (tertiary/aromatic N) is 4. The number of urea groups is 1. The predicted octanol–water partition coefficient (Wildman–Crippen LogP) is 4.47. The molecule has 1 spiro atoms. The van der Waals surface area contributed by atoms with Crippen molar-refractivity contribution in [1.82, 2.24) is 20.2 Å². The van der Waals surface area contributed by atoms with Gasteiger partial charge in [-0.05, 0) is 43.7 Å². The largest absolute Gasteiger partial charge is 0.441 e. The number of anilines is 1. The van der Waals surface area contributed by atoms with Crippen LogP contribution in [0.25, 0.3) is 21.7 Å². The van der Waals surface area contributed by atoms with Gasteiger partial charge in [0.25, 0.3) is 0 Å². The molecule has 2 saturated heterocycles. The fourth-order valence-corrected chi connectivity index (χ4v) is 5.50. The topological polar surface area (TPSA) is 120 Å². The summed E-state index contributed by atoms with van der Waals surface area (Å²) >= 11 is 1.39. The molecule has 0 radical (unpaired) electrons. The van der Waals surface area contributed by atoms with Gasteiger partial charge in [0.15, 0.2) is 5.13 Å². The Hall–Kier alpha value is -3.97. The maximum Gasteiger partial charge on any atom is 0.407 e. The highest BCUT2D eigenvalue weighted by molar-refractivity contribution is 7.19. The summed E-state index contributed by atoms with van der Waals surface area (Å²) in [6.45, 7) is 5.33. The van der Waals surface area contributed by atoms with Crippen molar-refractivity contribution in [3.05, 3.63) is 53.3 Å². The Bertz CT molecular complexity index is 1330. The maximum atomic E-state index is 13.0. The monoisotopic (exact) mass is 488 g/mol. The van der Waals surface area contributed by atoms with Gasteiger partial charge >= 0.3 is 12.1 Å². The molecule has 2 fully saturated rings. The van der Waals surface area contributed by atoms with Gasteiger partial charge in [0.1, 0.15) is 5.60 Å². The molecule has 3 aromatic rings. The highest BCUT2D eigenvalue weighted by atomic mass is 32.1. The van der Waals surface area contributed by atoms with Crippen molar-refractivity contribution >= 4 is 28.6 Å². The maximum absolute atomic E-state index is 13.0. The van der Waals surface area contributed by atoms with Crippen LogP contribution in [0, 0.1) is 25.2 Å². The summed E-state index contributed by atoms with van der Waals surface area (Å²) in [7, 11) is 0. The lowest BCUT2D eigenvalue weighted by Crippen LogP contribution is -2.49. The molecule has 2 aliphatic rings. The number of hydrogen-bond donors (Lipinski definition) is 2. The van der Waals surface area contributed by atoms with E-state index in [4.69, 9.17) is 9.72 Å². The van der Waals surface area contributed by atoms with Gasteiger partial charge < -0.3 is 15.0 Å². The fourth-order valence-electron chi connectivity index (χ4n) is 4.54. The molecular weight excluding hydrogens is 464 g/mol. The molecule has 0 saturated carbocycles. The third kappa shape index (κ3) is 4.68. The molecule has 0 bridgehead atoms. The SMILES string of the molecule is Cc1cc(-c2sc(NC(=O)N3CCC4(CC3)CNC(=O)O4)nc2-c2cccc(C#N)c2)cc(C)n1. The number of pyridine rings is 1. The second kappa shape index (κ2) is 9.00. The van der Waals surface area contributed by atoms with E-state index in [1.165, 1.54) is 11.3 Å². The minimum absolute atomic E-state index is 0.239. The van der Waals surface area contributed by atoms with Crippen molar-refractivity contribution < 1.29 is 14.3 Å². The molecule has 2 aliphatic heterocycles. The van der Waals surface area contributed by atoms with E-state index in [2.05, 4.69) is 21.7 Å². The number of nitriles is 1. The normalized spacial score (nSPS) is 16.5. The zero-order chi connectivity index (χ0) is 24.6. The number of carbonyl (C=O) groups excluding carboxylic acids is 2. The molecule has 4 heterocycles. The Morgan fingerprint density at radius 1 is 1.17 bits per heavy atom. The van der Waals surface area contributed by atoms with Crippen LogP contribution in [-0.4, -0.2) is 52.2 Å². The highest BCUT2D eigenvalue weighted by Gasteiger charge is 2.43. The summed E-state index contributed by atoms with van der Waals surface area (Å²) in [4.78, 5) is 36.4. The molecule has 9 nitrogen and oxygen atoms in total. The number of nitrogens with one attached hydrogen (secondary N) is 2. The van der Waals surface area contributed by atoms with Crippen molar-refractivity contribution in [3.63, 3.8) is 0 Å². The van der Waals surface area contributed by atoms with Gasteiger partial charge in [-0.3, -0.25) is 10.3 Å². The van der Waals surface area contributed by atoms with Gasteiger partial charge in [-0.1, -0.05) is 23.5 Å². The number of likely N-dealkylation sites (tertiary alicyclic amines) is 1. The Labute approximate surface area is 206 Å². The number of ether oxygens (including phenoxy) is 1. The summed E-state index contributed by atoms with van der Waals surface area (Å²) in [6.07, 6.45) is 0.779. The molecule has 2 aromatic heterocycles. The van der Waals surface area contributed by atoms with Gasteiger partial charge in [0, 0.05) is 42.9 Å². The zero-order valence-electron chi connectivity index (χ0n) is 19.4. The van der Waals surface area contributed by atoms with Crippen molar-refractivity contribution in [2.75, 3.05) is 25.0 Å². The number of benzene rings is 1. The average Bonchev–Trinajstić information content (AvgIpc) is 3.42. The van der Waals surface area contributed by atoms with Crippen LogP contribution >= 0.6 is 11.3 Å². The van der Waals surface area contributed by atoms with E-state index >= 15 is 0 Å². The summed E-state index contributed by atoms with van der Waals surface area (Å²) in [5.41, 5.74) is 4.27. The third-order valence-corrected chi connectivity index (χ3v) is 7.30. The number of aromatic nitrogens is 2. The molecule has 178 valence electrons. The molecule has 2 N–H and O–H groups in total. The number of alkyl carbamates (subject to hydrolysis) is 1. The Morgan fingerprint density at radius 2 is 1.91 bits per heavy atom.